The lowest BCUT2D eigenvalue weighted by atomic mass is 10.0. The summed E-state index contributed by atoms with van der Waals surface area (Å²) in [6.07, 6.45) is 5.65. The minimum Gasteiger partial charge on any atom is -0.290 e. The largest absolute Gasteiger partial charge is 0.290 e. The van der Waals surface area contributed by atoms with Gasteiger partial charge in [0.25, 0.3) is 0 Å². The Kier molecular flexibility index (Phi) is 3.55. The molecule has 1 rings (SSSR count). The average Bonchev–Trinajstić information content (AvgIpc) is 2.26. The van der Waals surface area contributed by atoms with Gasteiger partial charge in [-0.2, -0.15) is 0 Å². The summed E-state index contributed by atoms with van der Waals surface area (Å²) in [6.45, 7) is -0.386. The lowest BCUT2D eigenvalue weighted by molar-refractivity contribution is -0.133. The van der Waals surface area contributed by atoms with Gasteiger partial charge >= 0.3 is 0 Å². The number of allylic oxidation sites excluding steroid dienone is 4. The van der Waals surface area contributed by atoms with Crippen LogP contribution in [-0.2, 0) is 9.59 Å². The van der Waals surface area contributed by atoms with E-state index in [4.69, 9.17) is 0 Å². The second kappa shape index (κ2) is 4.70. The molecule has 0 saturated carbocycles. The Balaban J connectivity index is 2.58. The Labute approximate surface area is 76.1 Å². The van der Waals surface area contributed by atoms with Crippen molar-refractivity contribution in [3.8, 4) is 0 Å². The molecule has 2 nitrogen and oxygen atoms in total. The maximum absolute atomic E-state index is 11.8. The second-order valence-corrected chi connectivity index (χ2v) is 2.94. The van der Waals surface area contributed by atoms with Gasteiger partial charge in [0.05, 0.1) is 6.67 Å². The van der Waals surface area contributed by atoms with Gasteiger partial charge in [-0.25, -0.2) is 0 Å². The topological polar surface area (TPSA) is 34.1 Å². The number of ketones is 2. The zero-order valence-electron chi connectivity index (χ0n) is 7.25. The van der Waals surface area contributed by atoms with E-state index in [1.54, 1.807) is 12.2 Å². The van der Waals surface area contributed by atoms with Crippen LogP contribution in [0.25, 0.3) is 0 Å². The van der Waals surface area contributed by atoms with Gasteiger partial charge in [0.1, 0.15) is 0 Å². The minimum atomic E-state index is -0.466. The molecule has 0 amide bonds. The van der Waals surface area contributed by atoms with Gasteiger partial charge in [-0.1, -0.05) is 17.7 Å². The van der Waals surface area contributed by atoms with E-state index in [2.05, 4.69) is 0 Å². The fourth-order valence-corrected chi connectivity index (χ4v) is 1.18. The van der Waals surface area contributed by atoms with Crippen molar-refractivity contribution in [2.75, 3.05) is 6.67 Å². The summed E-state index contributed by atoms with van der Waals surface area (Å²) in [4.78, 5) is 21.9. The molecule has 0 atom stereocenters. The molecule has 0 unspecified atom stereocenters. The highest BCUT2D eigenvalue weighted by molar-refractivity contribution is 6.42. The molecule has 0 N–H and O–H groups in total. The number of carbonyl (C=O) groups is 2. The Bertz CT molecular complexity index is 277. The van der Waals surface area contributed by atoms with E-state index in [9.17, 15) is 14.0 Å². The number of carbonyl (C=O) groups excluding carboxylic acids is 2. The fraction of sp³-hybridized carbons (Fsp3) is 0.400. The zero-order chi connectivity index (χ0) is 9.68. The van der Waals surface area contributed by atoms with E-state index < -0.39 is 11.6 Å². The first-order valence-electron chi connectivity index (χ1n) is 4.23. The predicted molar refractivity (Wildman–Crippen MR) is 47.1 cm³/mol. The first kappa shape index (κ1) is 9.84. The van der Waals surface area contributed by atoms with Crippen LogP contribution in [0.2, 0.25) is 0 Å². The Morgan fingerprint density at radius 1 is 1.38 bits per heavy atom. The maximum atomic E-state index is 11.8. The number of rotatable bonds is 3. The third-order valence-electron chi connectivity index (χ3n) is 1.87. The number of Topliss-reactive ketones (excluding diaryl/α,β-unsaturated/α-hetero) is 1. The first-order valence-corrected chi connectivity index (χ1v) is 4.23. The fourth-order valence-electron chi connectivity index (χ4n) is 1.18. The van der Waals surface area contributed by atoms with Crippen LogP contribution in [0.5, 0.6) is 0 Å². The molecule has 0 aliphatic heterocycles. The molecular weight excluding hydrogens is 171 g/mol. The molecule has 1 aliphatic rings. The van der Waals surface area contributed by atoms with Crippen molar-refractivity contribution in [1.29, 1.82) is 0 Å². The zero-order valence-corrected chi connectivity index (χ0v) is 7.25. The molecule has 0 fully saturated rings. The Hall–Kier alpha value is -1.25. The van der Waals surface area contributed by atoms with Gasteiger partial charge in [-0.05, 0) is 18.9 Å². The molecule has 70 valence electrons. The molecule has 3 heteroatoms. The third kappa shape index (κ3) is 2.93. The first-order chi connectivity index (χ1) is 6.24. The van der Waals surface area contributed by atoms with Crippen molar-refractivity contribution < 1.29 is 14.0 Å². The molecule has 0 radical (unpaired) electrons. The van der Waals surface area contributed by atoms with Gasteiger partial charge in [0.2, 0.25) is 11.6 Å². The van der Waals surface area contributed by atoms with Crippen LogP contribution in [0, 0.1) is 0 Å². The minimum absolute atomic E-state index is 0.145. The molecular formula is C10H11FO2. The number of hydrogen-bond donors (Lipinski definition) is 0. The van der Waals surface area contributed by atoms with Crippen LogP contribution >= 0.6 is 0 Å². The summed E-state index contributed by atoms with van der Waals surface area (Å²) in [6, 6.07) is 0. The van der Waals surface area contributed by atoms with Crippen molar-refractivity contribution in [2.45, 2.75) is 19.3 Å². The highest BCUT2D eigenvalue weighted by Crippen LogP contribution is 2.13. The smallest absolute Gasteiger partial charge is 0.221 e. The highest BCUT2D eigenvalue weighted by Gasteiger charge is 2.14. The van der Waals surface area contributed by atoms with Gasteiger partial charge in [0, 0.05) is 6.42 Å². The van der Waals surface area contributed by atoms with Crippen LogP contribution in [-0.4, -0.2) is 18.2 Å². The van der Waals surface area contributed by atoms with Crippen molar-refractivity contribution in [3.05, 3.63) is 23.8 Å². The summed E-state index contributed by atoms with van der Waals surface area (Å²) >= 11 is 0. The lowest BCUT2D eigenvalue weighted by Crippen LogP contribution is -2.10. The van der Waals surface area contributed by atoms with Gasteiger partial charge in [0.15, 0.2) is 0 Å². The molecule has 0 spiro atoms. The standard InChI is InChI=1S/C10H11FO2/c11-6-2-4-8-3-1-5-9(12)10(13)7-8/h1,3,5H,2,4,6-7H2. The van der Waals surface area contributed by atoms with Crippen molar-refractivity contribution in [1.82, 2.24) is 0 Å². The summed E-state index contributed by atoms with van der Waals surface area (Å²) in [7, 11) is 0. The van der Waals surface area contributed by atoms with Crippen molar-refractivity contribution in [3.63, 3.8) is 0 Å². The molecule has 0 saturated heterocycles. The highest BCUT2D eigenvalue weighted by atomic mass is 19.1. The average molecular weight is 182 g/mol. The monoisotopic (exact) mass is 182 g/mol. The number of alkyl halides is 1. The van der Waals surface area contributed by atoms with Gasteiger partial charge in [-0.15, -0.1) is 0 Å². The Morgan fingerprint density at radius 3 is 2.85 bits per heavy atom. The molecule has 0 bridgehead atoms. The van der Waals surface area contributed by atoms with Gasteiger partial charge < -0.3 is 0 Å². The summed E-state index contributed by atoms with van der Waals surface area (Å²) in [5.41, 5.74) is 0.838. The predicted octanol–water partition coefficient (Wildman–Crippen LogP) is 1.76. The quantitative estimate of drug-likeness (QED) is 0.623. The van der Waals surface area contributed by atoms with Crippen LogP contribution in [0.3, 0.4) is 0 Å². The molecule has 0 aromatic carbocycles. The second-order valence-electron chi connectivity index (χ2n) is 2.94. The van der Waals surface area contributed by atoms with Crippen molar-refractivity contribution in [2.24, 2.45) is 0 Å². The SMILES string of the molecule is O=C1C=CC=C(CCCF)CC1=O. The van der Waals surface area contributed by atoms with Crippen LogP contribution in [0.1, 0.15) is 19.3 Å². The molecule has 0 heterocycles. The van der Waals surface area contributed by atoms with E-state index in [0.717, 1.165) is 5.57 Å². The van der Waals surface area contributed by atoms with E-state index >= 15 is 0 Å². The Morgan fingerprint density at radius 2 is 2.15 bits per heavy atom. The molecule has 13 heavy (non-hydrogen) atoms. The molecule has 0 aromatic heterocycles. The lowest BCUT2D eigenvalue weighted by Gasteiger charge is -2.00. The normalized spacial score (nSPS) is 17.2. The van der Waals surface area contributed by atoms with Crippen LogP contribution < -0.4 is 0 Å². The van der Waals surface area contributed by atoms with Gasteiger partial charge in [-0.3, -0.25) is 14.0 Å². The van der Waals surface area contributed by atoms with E-state index in [0.29, 0.717) is 12.8 Å². The van der Waals surface area contributed by atoms with E-state index in [1.807, 2.05) is 0 Å². The van der Waals surface area contributed by atoms with E-state index in [1.165, 1.54) is 6.08 Å². The number of halogens is 1. The third-order valence-corrected chi connectivity index (χ3v) is 1.87. The molecule has 0 aromatic rings. The molecule has 1 aliphatic carbocycles. The summed E-state index contributed by atoms with van der Waals surface area (Å²) in [5.74, 6) is -0.870. The summed E-state index contributed by atoms with van der Waals surface area (Å²) < 4.78 is 11.8. The van der Waals surface area contributed by atoms with Crippen LogP contribution in [0.4, 0.5) is 4.39 Å². The van der Waals surface area contributed by atoms with Crippen LogP contribution in [0.15, 0.2) is 23.8 Å². The van der Waals surface area contributed by atoms with E-state index in [-0.39, 0.29) is 13.1 Å². The number of hydrogen-bond acceptors (Lipinski definition) is 2. The summed E-state index contributed by atoms with van der Waals surface area (Å²) in [5, 5.41) is 0. The van der Waals surface area contributed by atoms with Crippen molar-refractivity contribution >= 4 is 11.6 Å². The maximum Gasteiger partial charge on any atom is 0.221 e.